The van der Waals surface area contributed by atoms with Gasteiger partial charge in [-0.2, -0.15) is 0 Å². The molecule has 1 heteroatoms. The van der Waals surface area contributed by atoms with Gasteiger partial charge in [0.15, 0.2) is 0 Å². The Bertz CT molecular complexity index is 693. The second-order valence-electron chi connectivity index (χ2n) is 6.94. The predicted molar refractivity (Wildman–Crippen MR) is 93.1 cm³/mol. The van der Waals surface area contributed by atoms with E-state index in [4.69, 9.17) is 0 Å². The van der Waals surface area contributed by atoms with Crippen LogP contribution in [0.4, 0.5) is 0 Å². The molecule has 0 aromatic heterocycles. The van der Waals surface area contributed by atoms with Gasteiger partial charge in [-0.15, -0.1) is 0 Å². The maximum atomic E-state index is 3.48. The second kappa shape index (κ2) is 5.10. The molecule has 0 radical (unpaired) electrons. The largest absolute Gasteiger partial charge is 0.316 e. The van der Waals surface area contributed by atoms with Crippen molar-refractivity contribution < 1.29 is 0 Å². The summed E-state index contributed by atoms with van der Waals surface area (Å²) in [6.07, 6.45) is 2.33. The number of hydrogen-bond donors (Lipinski definition) is 1. The van der Waals surface area contributed by atoms with Crippen molar-refractivity contribution in [2.75, 3.05) is 13.1 Å². The Labute approximate surface area is 133 Å². The van der Waals surface area contributed by atoms with Gasteiger partial charge >= 0.3 is 0 Å². The van der Waals surface area contributed by atoms with Crippen LogP contribution < -0.4 is 5.32 Å². The summed E-state index contributed by atoms with van der Waals surface area (Å²) in [7, 11) is 0. The fourth-order valence-corrected chi connectivity index (χ4v) is 4.14. The van der Waals surface area contributed by atoms with Gasteiger partial charge in [0.25, 0.3) is 0 Å². The number of hydrogen-bond acceptors (Lipinski definition) is 1. The standard InChI is InChI=1S/C21H23N/c1-21(2)18-9-5-3-7-16(18)20(15-11-13-22-14-12-15)17-8-4-6-10-19(17)21/h3-10,22H,11-14H2,1-2H3. The normalized spacial score (nSPS) is 19.5. The van der Waals surface area contributed by atoms with Gasteiger partial charge in [0, 0.05) is 5.41 Å². The lowest BCUT2D eigenvalue weighted by molar-refractivity contribution is 0.606. The Morgan fingerprint density at radius 1 is 0.773 bits per heavy atom. The molecule has 4 rings (SSSR count). The molecule has 1 aliphatic heterocycles. The molecule has 0 amide bonds. The fourth-order valence-electron chi connectivity index (χ4n) is 4.14. The monoisotopic (exact) mass is 289 g/mol. The van der Waals surface area contributed by atoms with Crippen molar-refractivity contribution >= 4 is 5.57 Å². The molecule has 0 atom stereocenters. The average molecular weight is 289 g/mol. The highest BCUT2D eigenvalue weighted by atomic mass is 14.9. The van der Waals surface area contributed by atoms with Gasteiger partial charge in [0.05, 0.1) is 0 Å². The third-order valence-electron chi connectivity index (χ3n) is 5.30. The van der Waals surface area contributed by atoms with Gasteiger partial charge < -0.3 is 5.32 Å². The Hall–Kier alpha value is -1.86. The van der Waals surface area contributed by atoms with Crippen LogP contribution in [0.5, 0.6) is 0 Å². The van der Waals surface area contributed by atoms with Crippen LogP contribution in [0.1, 0.15) is 48.9 Å². The summed E-state index contributed by atoms with van der Waals surface area (Å²) in [6, 6.07) is 18.0. The molecule has 0 spiro atoms. The van der Waals surface area contributed by atoms with Crippen molar-refractivity contribution in [2.45, 2.75) is 32.1 Å². The van der Waals surface area contributed by atoms with Crippen molar-refractivity contribution in [2.24, 2.45) is 0 Å². The smallest absolute Gasteiger partial charge is 0.0158 e. The van der Waals surface area contributed by atoms with Crippen LogP contribution in [0.3, 0.4) is 0 Å². The third-order valence-corrected chi connectivity index (χ3v) is 5.30. The lowest BCUT2D eigenvalue weighted by Gasteiger charge is -2.38. The Kier molecular flexibility index (Phi) is 3.19. The molecule has 1 N–H and O–H groups in total. The topological polar surface area (TPSA) is 12.0 Å². The Morgan fingerprint density at radius 2 is 1.27 bits per heavy atom. The van der Waals surface area contributed by atoms with E-state index in [-0.39, 0.29) is 5.41 Å². The van der Waals surface area contributed by atoms with E-state index >= 15 is 0 Å². The molecular weight excluding hydrogens is 266 g/mol. The zero-order valence-electron chi connectivity index (χ0n) is 13.4. The van der Waals surface area contributed by atoms with Crippen molar-refractivity contribution in [1.29, 1.82) is 0 Å². The van der Waals surface area contributed by atoms with E-state index in [2.05, 4.69) is 67.7 Å². The molecule has 1 aliphatic carbocycles. The molecule has 1 saturated heterocycles. The number of benzene rings is 2. The van der Waals surface area contributed by atoms with Gasteiger partial charge in [-0.05, 0) is 53.8 Å². The van der Waals surface area contributed by atoms with E-state index in [0.717, 1.165) is 13.1 Å². The quantitative estimate of drug-likeness (QED) is 0.752. The lowest BCUT2D eigenvalue weighted by Crippen LogP contribution is -2.29. The maximum absolute atomic E-state index is 3.48. The SMILES string of the molecule is CC1(C)c2ccccc2C(=C2CCNCC2)c2ccccc21. The molecule has 2 aromatic rings. The first-order valence-electron chi connectivity index (χ1n) is 8.32. The van der Waals surface area contributed by atoms with Crippen LogP contribution in [0.25, 0.3) is 5.57 Å². The summed E-state index contributed by atoms with van der Waals surface area (Å²) < 4.78 is 0. The molecule has 112 valence electrons. The van der Waals surface area contributed by atoms with E-state index in [1.807, 2.05) is 0 Å². The molecule has 0 saturated carbocycles. The number of fused-ring (bicyclic) bond motifs is 2. The average Bonchev–Trinajstić information content (AvgIpc) is 2.56. The molecule has 1 heterocycles. The van der Waals surface area contributed by atoms with Crippen molar-refractivity contribution in [3.8, 4) is 0 Å². The molecule has 1 fully saturated rings. The minimum Gasteiger partial charge on any atom is -0.316 e. The van der Waals surface area contributed by atoms with E-state index in [9.17, 15) is 0 Å². The number of nitrogens with one attached hydrogen (secondary N) is 1. The Morgan fingerprint density at radius 3 is 1.82 bits per heavy atom. The first-order chi connectivity index (χ1) is 10.7. The highest BCUT2D eigenvalue weighted by Crippen LogP contribution is 2.47. The van der Waals surface area contributed by atoms with Crippen molar-refractivity contribution in [3.63, 3.8) is 0 Å². The minimum atomic E-state index is 0.0736. The zero-order chi connectivity index (χ0) is 15.2. The molecule has 2 aliphatic rings. The summed E-state index contributed by atoms with van der Waals surface area (Å²) in [5.41, 5.74) is 9.03. The summed E-state index contributed by atoms with van der Waals surface area (Å²) in [4.78, 5) is 0. The van der Waals surface area contributed by atoms with E-state index < -0.39 is 0 Å². The van der Waals surface area contributed by atoms with Gasteiger partial charge in [-0.3, -0.25) is 0 Å². The van der Waals surface area contributed by atoms with Crippen LogP contribution in [0.15, 0.2) is 54.1 Å². The predicted octanol–water partition coefficient (Wildman–Crippen LogP) is 4.51. The van der Waals surface area contributed by atoms with Crippen molar-refractivity contribution in [1.82, 2.24) is 5.32 Å². The highest BCUT2D eigenvalue weighted by Gasteiger charge is 2.35. The van der Waals surface area contributed by atoms with E-state index in [1.54, 1.807) is 5.57 Å². The van der Waals surface area contributed by atoms with Crippen LogP contribution in [0.2, 0.25) is 0 Å². The van der Waals surface area contributed by atoms with E-state index in [1.165, 1.54) is 40.7 Å². The molecule has 0 unspecified atom stereocenters. The second-order valence-corrected chi connectivity index (χ2v) is 6.94. The van der Waals surface area contributed by atoms with Crippen LogP contribution in [-0.2, 0) is 5.41 Å². The van der Waals surface area contributed by atoms with Gasteiger partial charge in [0.1, 0.15) is 0 Å². The summed E-state index contributed by atoms with van der Waals surface area (Å²) in [6.45, 7) is 6.92. The first kappa shape index (κ1) is 13.8. The minimum absolute atomic E-state index is 0.0736. The summed E-state index contributed by atoms with van der Waals surface area (Å²) in [5, 5.41) is 3.48. The summed E-state index contributed by atoms with van der Waals surface area (Å²) in [5.74, 6) is 0. The van der Waals surface area contributed by atoms with Gasteiger partial charge in [0.2, 0.25) is 0 Å². The van der Waals surface area contributed by atoms with Crippen LogP contribution in [0, 0.1) is 0 Å². The number of piperidine rings is 1. The summed E-state index contributed by atoms with van der Waals surface area (Å²) >= 11 is 0. The Balaban J connectivity index is 2.05. The van der Waals surface area contributed by atoms with Gasteiger partial charge in [-0.25, -0.2) is 0 Å². The highest BCUT2D eigenvalue weighted by molar-refractivity contribution is 5.89. The van der Waals surface area contributed by atoms with E-state index in [0.29, 0.717) is 0 Å². The number of rotatable bonds is 0. The maximum Gasteiger partial charge on any atom is 0.0158 e. The zero-order valence-corrected chi connectivity index (χ0v) is 13.4. The van der Waals surface area contributed by atoms with Crippen LogP contribution in [-0.4, -0.2) is 13.1 Å². The molecule has 0 bridgehead atoms. The molecule has 22 heavy (non-hydrogen) atoms. The van der Waals surface area contributed by atoms with Crippen molar-refractivity contribution in [3.05, 3.63) is 76.4 Å². The fraction of sp³-hybridized carbons (Fsp3) is 0.333. The molecular formula is C21H23N. The lowest BCUT2D eigenvalue weighted by atomic mass is 9.66. The van der Waals surface area contributed by atoms with Gasteiger partial charge in [-0.1, -0.05) is 68.0 Å². The molecule has 2 aromatic carbocycles. The van der Waals surface area contributed by atoms with Crippen LogP contribution >= 0.6 is 0 Å². The third kappa shape index (κ3) is 1.96. The first-order valence-corrected chi connectivity index (χ1v) is 8.32. The molecule has 1 nitrogen and oxygen atoms in total.